The number of halogens is 1. The summed E-state index contributed by atoms with van der Waals surface area (Å²) >= 11 is 0. The molecule has 0 saturated carbocycles. The van der Waals surface area contributed by atoms with E-state index in [2.05, 4.69) is 36.5 Å². The lowest BCUT2D eigenvalue weighted by atomic mass is 9.85. The molecule has 1 N–H and O–H groups in total. The van der Waals surface area contributed by atoms with Crippen LogP contribution < -0.4 is 5.32 Å². The van der Waals surface area contributed by atoms with Crippen LogP contribution in [0.1, 0.15) is 30.4 Å². The Balaban J connectivity index is 1.75. The minimum Gasteiger partial charge on any atom is -0.311 e. The summed E-state index contributed by atoms with van der Waals surface area (Å²) in [4.78, 5) is 0. The molecular weight excluding hydrogens is 213 g/mol. The predicted octanol–water partition coefficient (Wildman–Crippen LogP) is 3.02. The Morgan fingerprint density at radius 1 is 1.35 bits per heavy atom. The summed E-state index contributed by atoms with van der Waals surface area (Å²) < 4.78 is 14.1. The van der Waals surface area contributed by atoms with E-state index in [1.54, 1.807) is 0 Å². The predicted molar refractivity (Wildman–Crippen MR) is 67.8 cm³/mol. The Morgan fingerprint density at radius 3 is 3.06 bits per heavy atom. The molecule has 0 spiro atoms. The lowest BCUT2D eigenvalue weighted by molar-refractivity contribution is 0.136. The topological polar surface area (TPSA) is 12.0 Å². The van der Waals surface area contributed by atoms with Crippen molar-refractivity contribution in [2.45, 2.75) is 50.9 Å². The first kappa shape index (κ1) is 11.2. The van der Waals surface area contributed by atoms with Crippen molar-refractivity contribution in [3.8, 4) is 0 Å². The molecule has 1 nitrogen and oxygen atoms in total. The average Bonchev–Trinajstić information content (AvgIpc) is 2.68. The zero-order chi connectivity index (χ0) is 11.8. The van der Waals surface area contributed by atoms with Gasteiger partial charge in [0.05, 0.1) is 0 Å². The van der Waals surface area contributed by atoms with Crippen LogP contribution in [-0.2, 0) is 6.42 Å². The van der Waals surface area contributed by atoms with E-state index in [0.717, 1.165) is 19.3 Å². The highest BCUT2D eigenvalue weighted by Gasteiger charge is 2.41. The van der Waals surface area contributed by atoms with E-state index in [4.69, 9.17) is 0 Å². The zero-order valence-corrected chi connectivity index (χ0v) is 10.3. The highest BCUT2D eigenvalue weighted by Crippen LogP contribution is 2.35. The van der Waals surface area contributed by atoms with Gasteiger partial charge in [-0.05, 0) is 38.2 Å². The summed E-state index contributed by atoms with van der Waals surface area (Å²) in [6, 6.07) is 9.34. The van der Waals surface area contributed by atoms with E-state index in [0.29, 0.717) is 18.5 Å². The third-order valence-electron chi connectivity index (χ3n) is 4.32. The first-order chi connectivity index (χ1) is 8.22. The molecule has 2 aliphatic rings. The van der Waals surface area contributed by atoms with Gasteiger partial charge in [0.25, 0.3) is 0 Å². The summed E-state index contributed by atoms with van der Waals surface area (Å²) in [5.74, 6) is 0.176. The lowest BCUT2D eigenvalue weighted by Crippen LogP contribution is -2.47. The molecule has 17 heavy (non-hydrogen) atoms. The standard InChI is InChI=1S/C15H20FN/c1-10-3-2-4-11(7-10)8-13-14(16)9-12-5-6-15(13)17-12/h2-4,7,12-15,17H,5-6,8-9H2,1H3. The van der Waals surface area contributed by atoms with Gasteiger partial charge in [-0.15, -0.1) is 0 Å². The number of aryl methyl sites for hydroxylation is 1. The maximum atomic E-state index is 14.1. The monoisotopic (exact) mass is 233 g/mol. The number of piperidine rings is 1. The molecule has 2 aliphatic heterocycles. The van der Waals surface area contributed by atoms with Gasteiger partial charge in [-0.1, -0.05) is 29.8 Å². The quantitative estimate of drug-likeness (QED) is 0.828. The van der Waals surface area contributed by atoms with Crippen LogP contribution >= 0.6 is 0 Å². The van der Waals surface area contributed by atoms with Crippen molar-refractivity contribution in [2.24, 2.45) is 5.92 Å². The highest BCUT2D eigenvalue weighted by atomic mass is 19.1. The summed E-state index contributed by atoms with van der Waals surface area (Å²) in [7, 11) is 0. The van der Waals surface area contributed by atoms with Crippen molar-refractivity contribution in [2.75, 3.05) is 0 Å². The van der Waals surface area contributed by atoms with E-state index in [1.807, 2.05) is 0 Å². The largest absolute Gasteiger partial charge is 0.311 e. The van der Waals surface area contributed by atoms with Gasteiger partial charge in [-0.3, -0.25) is 0 Å². The Morgan fingerprint density at radius 2 is 2.24 bits per heavy atom. The molecule has 0 amide bonds. The van der Waals surface area contributed by atoms with Crippen molar-refractivity contribution in [3.63, 3.8) is 0 Å². The average molecular weight is 233 g/mol. The fourth-order valence-corrected chi connectivity index (χ4v) is 3.45. The van der Waals surface area contributed by atoms with E-state index in [1.165, 1.54) is 11.1 Å². The Labute approximate surface area is 102 Å². The molecule has 0 aromatic heterocycles. The van der Waals surface area contributed by atoms with E-state index >= 15 is 0 Å². The molecule has 1 aromatic carbocycles. The van der Waals surface area contributed by atoms with Crippen LogP contribution in [0.25, 0.3) is 0 Å². The second-order valence-electron chi connectivity index (χ2n) is 5.66. The van der Waals surface area contributed by atoms with E-state index < -0.39 is 6.17 Å². The normalized spacial score (nSPS) is 36.1. The fraction of sp³-hybridized carbons (Fsp3) is 0.600. The number of hydrogen-bond acceptors (Lipinski definition) is 1. The maximum absolute atomic E-state index is 14.1. The summed E-state index contributed by atoms with van der Waals surface area (Å²) in [5, 5.41) is 3.57. The van der Waals surface area contributed by atoms with Crippen LogP contribution in [0.15, 0.2) is 24.3 Å². The van der Waals surface area contributed by atoms with Gasteiger partial charge >= 0.3 is 0 Å². The Hall–Kier alpha value is -0.890. The van der Waals surface area contributed by atoms with Gasteiger partial charge in [-0.2, -0.15) is 0 Å². The van der Waals surface area contributed by atoms with Crippen molar-refractivity contribution in [3.05, 3.63) is 35.4 Å². The summed E-state index contributed by atoms with van der Waals surface area (Å²) in [5.41, 5.74) is 2.55. The third-order valence-corrected chi connectivity index (χ3v) is 4.32. The summed E-state index contributed by atoms with van der Waals surface area (Å²) in [6.07, 6.45) is 3.30. The van der Waals surface area contributed by atoms with Gasteiger partial charge in [-0.25, -0.2) is 4.39 Å². The molecule has 4 atom stereocenters. The summed E-state index contributed by atoms with van der Waals surface area (Å²) in [6.45, 7) is 2.10. The maximum Gasteiger partial charge on any atom is 0.106 e. The van der Waals surface area contributed by atoms with Gasteiger partial charge in [0, 0.05) is 18.0 Å². The first-order valence-electron chi connectivity index (χ1n) is 6.68. The van der Waals surface area contributed by atoms with Gasteiger partial charge < -0.3 is 5.32 Å². The molecule has 0 aliphatic carbocycles. The number of hydrogen-bond donors (Lipinski definition) is 1. The molecule has 2 fully saturated rings. The fourth-order valence-electron chi connectivity index (χ4n) is 3.45. The minimum absolute atomic E-state index is 0.176. The van der Waals surface area contributed by atoms with E-state index in [-0.39, 0.29) is 5.92 Å². The molecule has 2 saturated heterocycles. The molecule has 92 valence electrons. The van der Waals surface area contributed by atoms with Gasteiger partial charge in [0.15, 0.2) is 0 Å². The Kier molecular flexibility index (Phi) is 2.91. The van der Waals surface area contributed by atoms with Crippen molar-refractivity contribution in [1.29, 1.82) is 0 Å². The number of fused-ring (bicyclic) bond motifs is 2. The second-order valence-corrected chi connectivity index (χ2v) is 5.66. The SMILES string of the molecule is Cc1cccc(CC2C(F)CC3CCC2N3)c1. The van der Waals surface area contributed by atoms with Gasteiger partial charge in [0.2, 0.25) is 0 Å². The molecule has 1 aromatic rings. The molecule has 3 rings (SSSR count). The number of rotatable bonds is 2. The molecule has 2 heterocycles. The Bertz CT molecular complexity index is 404. The second kappa shape index (κ2) is 4.41. The molecule has 2 bridgehead atoms. The molecule has 4 unspecified atom stereocenters. The lowest BCUT2D eigenvalue weighted by Gasteiger charge is -2.33. The van der Waals surface area contributed by atoms with Crippen LogP contribution in [0.3, 0.4) is 0 Å². The van der Waals surface area contributed by atoms with Crippen molar-refractivity contribution < 1.29 is 4.39 Å². The number of alkyl halides is 1. The number of benzene rings is 1. The zero-order valence-electron chi connectivity index (χ0n) is 10.3. The van der Waals surface area contributed by atoms with Crippen molar-refractivity contribution >= 4 is 0 Å². The van der Waals surface area contributed by atoms with Gasteiger partial charge in [0.1, 0.15) is 6.17 Å². The molecule has 2 heteroatoms. The highest BCUT2D eigenvalue weighted by molar-refractivity contribution is 5.23. The third kappa shape index (κ3) is 2.23. The number of nitrogens with one attached hydrogen (secondary N) is 1. The minimum atomic E-state index is -0.616. The van der Waals surface area contributed by atoms with Crippen LogP contribution in [0.4, 0.5) is 4.39 Å². The van der Waals surface area contributed by atoms with E-state index in [9.17, 15) is 4.39 Å². The van der Waals surface area contributed by atoms with Crippen LogP contribution in [0.2, 0.25) is 0 Å². The first-order valence-corrected chi connectivity index (χ1v) is 6.68. The van der Waals surface area contributed by atoms with Crippen molar-refractivity contribution in [1.82, 2.24) is 5.32 Å². The molecular formula is C15H20FN. The van der Waals surface area contributed by atoms with Crippen LogP contribution in [0.5, 0.6) is 0 Å². The molecule has 0 radical (unpaired) electrons. The van der Waals surface area contributed by atoms with Crippen LogP contribution in [-0.4, -0.2) is 18.3 Å². The smallest absolute Gasteiger partial charge is 0.106 e. The van der Waals surface area contributed by atoms with Crippen LogP contribution in [0, 0.1) is 12.8 Å².